The van der Waals surface area contributed by atoms with Crippen LogP contribution in [-0.2, 0) is 5.75 Å². The van der Waals surface area contributed by atoms with Gasteiger partial charge in [0.25, 0.3) is 5.89 Å². The van der Waals surface area contributed by atoms with Crippen LogP contribution < -0.4 is 5.73 Å². The van der Waals surface area contributed by atoms with Gasteiger partial charge in [-0.3, -0.25) is 0 Å². The van der Waals surface area contributed by atoms with Crippen molar-refractivity contribution < 1.29 is 4.52 Å². The number of nitrogens with zero attached hydrogens (tertiary/aromatic N) is 2. The monoisotopic (exact) mass is 263 g/mol. The highest BCUT2D eigenvalue weighted by atomic mass is 32.2. The van der Waals surface area contributed by atoms with Gasteiger partial charge < -0.3 is 10.3 Å². The summed E-state index contributed by atoms with van der Waals surface area (Å²) >= 11 is 1.81. The Morgan fingerprint density at radius 1 is 1.39 bits per heavy atom. The lowest BCUT2D eigenvalue weighted by molar-refractivity contribution is 0.425. The van der Waals surface area contributed by atoms with Crippen molar-refractivity contribution in [2.45, 2.75) is 26.0 Å². The first-order valence-corrected chi connectivity index (χ1v) is 7.13. The number of rotatable bonds is 5. The smallest absolute Gasteiger partial charge is 0.260 e. The van der Waals surface area contributed by atoms with Crippen LogP contribution >= 0.6 is 11.8 Å². The van der Waals surface area contributed by atoms with Gasteiger partial charge in [0.05, 0.1) is 11.3 Å². The maximum Gasteiger partial charge on any atom is 0.260 e. The van der Waals surface area contributed by atoms with E-state index in [1.54, 1.807) is 0 Å². The van der Waals surface area contributed by atoms with E-state index in [0.29, 0.717) is 11.6 Å². The summed E-state index contributed by atoms with van der Waals surface area (Å²) in [6.45, 7) is 4.14. The Hall–Kier alpha value is -1.49. The summed E-state index contributed by atoms with van der Waals surface area (Å²) in [7, 11) is 0. The second kappa shape index (κ2) is 5.91. The molecule has 0 aliphatic rings. The number of hydrogen-bond acceptors (Lipinski definition) is 5. The minimum atomic E-state index is 0.512. The Bertz CT molecular complexity index is 504. The van der Waals surface area contributed by atoms with Gasteiger partial charge in [0.1, 0.15) is 0 Å². The van der Waals surface area contributed by atoms with Crippen LogP contribution in [0.4, 0.5) is 5.69 Å². The van der Waals surface area contributed by atoms with Gasteiger partial charge in [0.2, 0.25) is 0 Å². The van der Waals surface area contributed by atoms with Gasteiger partial charge >= 0.3 is 0 Å². The van der Waals surface area contributed by atoms with Crippen molar-refractivity contribution in [3.63, 3.8) is 0 Å². The highest BCUT2D eigenvalue weighted by molar-refractivity contribution is 7.98. The van der Waals surface area contributed by atoms with E-state index in [9.17, 15) is 0 Å². The molecule has 2 aromatic rings. The third kappa shape index (κ3) is 2.85. The van der Waals surface area contributed by atoms with Gasteiger partial charge in [-0.15, -0.1) is 0 Å². The zero-order chi connectivity index (χ0) is 13.0. The van der Waals surface area contributed by atoms with E-state index in [1.807, 2.05) is 36.9 Å². The van der Waals surface area contributed by atoms with E-state index < -0.39 is 0 Å². The first-order chi connectivity index (χ1) is 8.72. The quantitative estimate of drug-likeness (QED) is 0.662. The molecule has 96 valence electrons. The van der Waals surface area contributed by atoms with Gasteiger partial charge in [-0.1, -0.05) is 24.2 Å². The fraction of sp³-hybridized carbons (Fsp3) is 0.385. The molecule has 0 spiro atoms. The molecule has 0 radical (unpaired) electrons. The Morgan fingerprint density at radius 3 is 2.94 bits per heavy atom. The average Bonchev–Trinajstić information content (AvgIpc) is 2.78. The molecular weight excluding hydrogens is 246 g/mol. The SMILES string of the molecule is CCCSCc1noc(-c2c(C)cccc2N)n1. The lowest BCUT2D eigenvalue weighted by Gasteiger charge is -2.03. The second-order valence-electron chi connectivity index (χ2n) is 4.11. The summed E-state index contributed by atoms with van der Waals surface area (Å²) < 4.78 is 5.29. The van der Waals surface area contributed by atoms with Crippen LogP contribution in [0, 0.1) is 6.92 Å². The van der Waals surface area contributed by atoms with Crippen LogP contribution in [0.3, 0.4) is 0 Å². The molecule has 1 aromatic carbocycles. The molecule has 4 nitrogen and oxygen atoms in total. The molecule has 1 heterocycles. The maximum atomic E-state index is 5.95. The normalized spacial score (nSPS) is 10.8. The van der Waals surface area contributed by atoms with Crippen LogP contribution in [0.15, 0.2) is 22.7 Å². The molecule has 0 unspecified atom stereocenters. The number of aryl methyl sites for hydroxylation is 1. The number of anilines is 1. The lowest BCUT2D eigenvalue weighted by atomic mass is 10.1. The summed E-state index contributed by atoms with van der Waals surface area (Å²) in [5.41, 5.74) is 8.52. The summed E-state index contributed by atoms with van der Waals surface area (Å²) in [4.78, 5) is 4.40. The van der Waals surface area contributed by atoms with E-state index in [0.717, 1.165) is 34.9 Å². The maximum absolute atomic E-state index is 5.95. The molecule has 2 N–H and O–H groups in total. The van der Waals surface area contributed by atoms with E-state index in [-0.39, 0.29) is 0 Å². The predicted octanol–water partition coefficient (Wildman–Crippen LogP) is 3.27. The summed E-state index contributed by atoms with van der Waals surface area (Å²) in [5.74, 6) is 3.13. The second-order valence-corrected chi connectivity index (χ2v) is 5.21. The number of nitrogen functional groups attached to an aromatic ring is 1. The number of aromatic nitrogens is 2. The molecule has 0 amide bonds. The molecule has 0 aliphatic carbocycles. The third-order valence-electron chi connectivity index (χ3n) is 2.57. The van der Waals surface area contributed by atoms with E-state index in [4.69, 9.17) is 10.3 Å². The fourth-order valence-electron chi connectivity index (χ4n) is 1.70. The van der Waals surface area contributed by atoms with Crippen LogP contribution in [0.1, 0.15) is 24.7 Å². The van der Waals surface area contributed by atoms with Crippen molar-refractivity contribution in [2.75, 3.05) is 11.5 Å². The minimum absolute atomic E-state index is 0.512. The number of hydrogen-bond donors (Lipinski definition) is 1. The van der Waals surface area contributed by atoms with Crippen LogP contribution in [0.25, 0.3) is 11.5 Å². The number of benzene rings is 1. The molecule has 0 saturated heterocycles. The Morgan fingerprint density at radius 2 is 2.22 bits per heavy atom. The van der Waals surface area contributed by atoms with Gasteiger partial charge in [-0.25, -0.2) is 0 Å². The highest BCUT2D eigenvalue weighted by Crippen LogP contribution is 2.28. The molecule has 0 fully saturated rings. The Kier molecular flexibility index (Phi) is 4.25. The largest absolute Gasteiger partial charge is 0.398 e. The third-order valence-corrected chi connectivity index (χ3v) is 3.73. The summed E-state index contributed by atoms with van der Waals surface area (Å²) in [5, 5.41) is 3.98. The average molecular weight is 263 g/mol. The topological polar surface area (TPSA) is 64.9 Å². The molecular formula is C13H17N3OS. The molecule has 5 heteroatoms. The minimum Gasteiger partial charge on any atom is -0.398 e. The van der Waals surface area contributed by atoms with Gasteiger partial charge in [-0.2, -0.15) is 16.7 Å². The zero-order valence-electron chi connectivity index (χ0n) is 10.6. The van der Waals surface area contributed by atoms with Crippen molar-refractivity contribution >= 4 is 17.4 Å². The van der Waals surface area contributed by atoms with E-state index in [2.05, 4.69) is 17.1 Å². The van der Waals surface area contributed by atoms with E-state index >= 15 is 0 Å². The highest BCUT2D eigenvalue weighted by Gasteiger charge is 2.13. The Labute approximate surface area is 111 Å². The van der Waals surface area contributed by atoms with Gasteiger partial charge in [0.15, 0.2) is 5.82 Å². The summed E-state index contributed by atoms with van der Waals surface area (Å²) in [6, 6.07) is 5.75. The fourth-order valence-corrected chi connectivity index (χ4v) is 2.44. The lowest BCUT2D eigenvalue weighted by Crippen LogP contribution is -1.93. The molecule has 1 aromatic heterocycles. The van der Waals surface area contributed by atoms with E-state index in [1.165, 1.54) is 0 Å². The summed E-state index contributed by atoms with van der Waals surface area (Å²) in [6.07, 6.45) is 1.15. The predicted molar refractivity (Wildman–Crippen MR) is 75.3 cm³/mol. The van der Waals surface area contributed by atoms with Gasteiger partial charge in [-0.05, 0) is 30.7 Å². The molecule has 18 heavy (non-hydrogen) atoms. The zero-order valence-corrected chi connectivity index (χ0v) is 11.5. The standard InChI is InChI=1S/C13H17N3OS/c1-3-7-18-8-11-15-13(17-16-11)12-9(2)5-4-6-10(12)14/h4-6H,3,7-8,14H2,1-2H3. The molecule has 0 aliphatic heterocycles. The van der Waals surface area contributed by atoms with Gasteiger partial charge in [0, 0.05) is 5.69 Å². The van der Waals surface area contributed by atoms with Crippen molar-refractivity contribution in [3.05, 3.63) is 29.6 Å². The van der Waals surface area contributed by atoms with Crippen LogP contribution in [-0.4, -0.2) is 15.9 Å². The van der Waals surface area contributed by atoms with Crippen molar-refractivity contribution in [1.29, 1.82) is 0 Å². The van der Waals surface area contributed by atoms with Crippen LogP contribution in [0.5, 0.6) is 0 Å². The Balaban J connectivity index is 2.19. The van der Waals surface area contributed by atoms with Crippen molar-refractivity contribution in [3.8, 4) is 11.5 Å². The number of thioether (sulfide) groups is 1. The van der Waals surface area contributed by atoms with Crippen molar-refractivity contribution in [2.24, 2.45) is 0 Å². The first kappa shape index (κ1) is 13.0. The number of nitrogens with two attached hydrogens (primary N) is 1. The first-order valence-electron chi connectivity index (χ1n) is 5.98. The molecule has 0 atom stereocenters. The van der Waals surface area contributed by atoms with Crippen LogP contribution in [0.2, 0.25) is 0 Å². The molecule has 2 rings (SSSR count). The molecule has 0 saturated carbocycles. The molecule has 0 bridgehead atoms. The van der Waals surface area contributed by atoms with Crippen molar-refractivity contribution in [1.82, 2.24) is 10.1 Å².